The number of rotatable bonds is 4. The number of hydrogen-bond donors (Lipinski definition) is 2. The number of carbonyl (C=O) groups excluding carboxylic acids is 1. The number of benzene rings is 1. The smallest absolute Gasteiger partial charge is 0.317 e. The van der Waals surface area contributed by atoms with Gasteiger partial charge in [0, 0.05) is 30.1 Å². The van der Waals surface area contributed by atoms with Crippen LogP contribution in [-0.2, 0) is 10.2 Å². The highest BCUT2D eigenvalue weighted by Gasteiger charge is 2.42. The van der Waals surface area contributed by atoms with Gasteiger partial charge in [-0.15, -0.1) is 0 Å². The van der Waals surface area contributed by atoms with E-state index in [4.69, 9.17) is 11.6 Å². The van der Waals surface area contributed by atoms with E-state index in [-0.39, 0.29) is 18.0 Å². The first-order chi connectivity index (χ1) is 10.6. The first kappa shape index (κ1) is 17.6. The highest BCUT2D eigenvalue weighted by molar-refractivity contribution is 6.30. The van der Waals surface area contributed by atoms with Crippen molar-refractivity contribution in [2.24, 2.45) is 5.41 Å². The molecule has 1 fully saturated rings. The van der Waals surface area contributed by atoms with E-state index in [0.29, 0.717) is 24.5 Å². The zero-order valence-corrected chi connectivity index (χ0v) is 14.5. The molecular formula is C17H23ClN2O3. The third kappa shape index (κ3) is 3.96. The molecule has 0 spiro atoms. The van der Waals surface area contributed by atoms with E-state index in [2.05, 4.69) is 5.32 Å². The van der Waals surface area contributed by atoms with Gasteiger partial charge in [0.2, 0.25) is 0 Å². The number of nitrogens with zero attached hydrogens (tertiary/aromatic N) is 1. The van der Waals surface area contributed by atoms with Crippen LogP contribution in [-0.4, -0.2) is 41.6 Å². The summed E-state index contributed by atoms with van der Waals surface area (Å²) >= 11 is 6.03. The molecule has 1 atom stereocenters. The van der Waals surface area contributed by atoms with Gasteiger partial charge in [0.25, 0.3) is 0 Å². The largest absolute Gasteiger partial charge is 0.481 e. The molecule has 1 aromatic rings. The summed E-state index contributed by atoms with van der Waals surface area (Å²) in [7, 11) is 0. The Balaban J connectivity index is 1.95. The number of aliphatic carboxylic acids is 1. The molecular weight excluding hydrogens is 316 g/mol. The maximum absolute atomic E-state index is 12.3. The highest BCUT2D eigenvalue weighted by Crippen LogP contribution is 2.30. The summed E-state index contributed by atoms with van der Waals surface area (Å²) in [6.07, 6.45) is 0.480. The molecule has 23 heavy (non-hydrogen) atoms. The molecule has 1 aromatic carbocycles. The van der Waals surface area contributed by atoms with Gasteiger partial charge >= 0.3 is 12.0 Å². The van der Waals surface area contributed by atoms with Crippen LogP contribution >= 0.6 is 11.6 Å². The van der Waals surface area contributed by atoms with Crippen LogP contribution < -0.4 is 5.32 Å². The van der Waals surface area contributed by atoms with Gasteiger partial charge in [-0.25, -0.2) is 4.79 Å². The van der Waals surface area contributed by atoms with Crippen LogP contribution in [0.3, 0.4) is 0 Å². The number of nitrogens with one attached hydrogen (secondary N) is 1. The molecule has 5 nitrogen and oxygen atoms in total. The molecule has 2 rings (SSSR count). The molecule has 1 aliphatic rings. The van der Waals surface area contributed by atoms with Crippen molar-refractivity contribution in [3.05, 3.63) is 34.9 Å². The van der Waals surface area contributed by atoms with Crippen molar-refractivity contribution in [2.75, 3.05) is 19.6 Å². The molecule has 6 heteroatoms. The number of halogens is 1. The standard InChI is InChI=1S/C17H23ClN2O3/c1-16(2,12-5-4-6-13(18)9-12)10-19-15(23)20-8-7-17(3,11-20)14(21)22/h4-6,9H,7-8,10-11H2,1-3H3,(H,19,23)(H,21,22). The lowest BCUT2D eigenvalue weighted by Gasteiger charge is -2.28. The molecule has 2 amide bonds. The zero-order valence-electron chi connectivity index (χ0n) is 13.7. The maximum atomic E-state index is 12.3. The van der Waals surface area contributed by atoms with E-state index in [1.165, 1.54) is 0 Å². The number of urea groups is 1. The summed E-state index contributed by atoms with van der Waals surface area (Å²) < 4.78 is 0. The van der Waals surface area contributed by atoms with E-state index in [9.17, 15) is 14.7 Å². The number of carboxylic acids is 1. The average molecular weight is 339 g/mol. The Labute approximate surface area is 141 Å². The van der Waals surface area contributed by atoms with Gasteiger partial charge in [0.15, 0.2) is 0 Å². The number of likely N-dealkylation sites (tertiary alicyclic amines) is 1. The van der Waals surface area contributed by atoms with E-state index in [1.54, 1.807) is 11.8 Å². The monoisotopic (exact) mass is 338 g/mol. The van der Waals surface area contributed by atoms with Gasteiger partial charge in [-0.1, -0.05) is 37.6 Å². The lowest BCUT2D eigenvalue weighted by molar-refractivity contribution is -0.147. The summed E-state index contributed by atoms with van der Waals surface area (Å²) in [4.78, 5) is 25.1. The summed E-state index contributed by atoms with van der Waals surface area (Å²) in [5, 5.41) is 12.8. The Morgan fingerprint density at radius 2 is 2.13 bits per heavy atom. The molecule has 0 radical (unpaired) electrons. The number of carbonyl (C=O) groups is 2. The minimum atomic E-state index is -0.855. The van der Waals surface area contributed by atoms with Crippen molar-refractivity contribution in [1.29, 1.82) is 0 Å². The van der Waals surface area contributed by atoms with Crippen molar-refractivity contribution < 1.29 is 14.7 Å². The van der Waals surface area contributed by atoms with Crippen molar-refractivity contribution in [3.8, 4) is 0 Å². The average Bonchev–Trinajstić information content (AvgIpc) is 2.89. The highest BCUT2D eigenvalue weighted by atomic mass is 35.5. The molecule has 2 N–H and O–H groups in total. The first-order valence-corrected chi connectivity index (χ1v) is 8.04. The van der Waals surface area contributed by atoms with E-state index < -0.39 is 11.4 Å². The zero-order chi connectivity index (χ0) is 17.3. The van der Waals surface area contributed by atoms with Crippen LogP contribution in [0.1, 0.15) is 32.8 Å². The van der Waals surface area contributed by atoms with Crippen molar-refractivity contribution in [2.45, 2.75) is 32.6 Å². The third-order valence-electron chi connectivity index (χ3n) is 4.56. The predicted molar refractivity (Wildman–Crippen MR) is 89.8 cm³/mol. The molecule has 1 aliphatic heterocycles. The fraction of sp³-hybridized carbons (Fsp3) is 0.529. The third-order valence-corrected chi connectivity index (χ3v) is 4.80. The Morgan fingerprint density at radius 1 is 1.43 bits per heavy atom. The fourth-order valence-corrected chi connectivity index (χ4v) is 2.92. The summed E-state index contributed by atoms with van der Waals surface area (Å²) in [5.41, 5.74) is -0.0713. The van der Waals surface area contributed by atoms with Crippen molar-refractivity contribution in [1.82, 2.24) is 10.2 Å². The Bertz CT molecular complexity index is 618. The molecule has 0 aromatic heterocycles. The van der Waals surface area contributed by atoms with E-state index in [0.717, 1.165) is 5.56 Å². The fourth-order valence-electron chi connectivity index (χ4n) is 2.73. The van der Waals surface area contributed by atoms with Gasteiger partial charge in [-0.05, 0) is 31.0 Å². The maximum Gasteiger partial charge on any atom is 0.317 e. The van der Waals surface area contributed by atoms with Gasteiger partial charge in [0.05, 0.1) is 5.41 Å². The lowest BCUT2D eigenvalue weighted by atomic mass is 9.84. The number of amides is 2. The molecule has 1 saturated heterocycles. The quantitative estimate of drug-likeness (QED) is 0.886. The molecule has 126 valence electrons. The van der Waals surface area contributed by atoms with Gasteiger partial charge in [-0.3, -0.25) is 4.79 Å². The number of hydrogen-bond acceptors (Lipinski definition) is 2. The molecule has 0 bridgehead atoms. The van der Waals surface area contributed by atoms with Crippen LogP contribution in [0, 0.1) is 5.41 Å². The Kier molecular flexibility index (Phi) is 4.90. The summed E-state index contributed by atoms with van der Waals surface area (Å²) in [6, 6.07) is 7.36. The predicted octanol–water partition coefficient (Wildman–Crippen LogP) is 3.12. The molecule has 0 saturated carbocycles. The molecule has 1 heterocycles. The summed E-state index contributed by atoms with van der Waals surface area (Å²) in [5.74, 6) is -0.855. The second-order valence-electron chi connectivity index (χ2n) is 7.09. The molecule has 0 aliphatic carbocycles. The summed E-state index contributed by atoms with van der Waals surface area (Å²) in [6.45, 7) is 6.90. The van der Waals surface area contributed by atoms with Crippen molar-refractivity contribution >= 4 is 23.6 Å². The van der Waals surface area contributed by atoms with Gasteiger partial charge in [-0.2, -0.15) is 0 Å². The van der Waals surface area contributed by atoms with Gasteiger partial charge < -0.3 is 15.3 Å². The van der Waals surface area contributed by atoms with Crippen LogP contribution in [0.15, 0.2) is 24.3 Å². The van der Waals surface area contributed by atoms with E-state index >= 15 is 0 Å². The van der Waals surface area contributed by atoms with Crippen LogP contribution in [0.4, 0.5) is 4.79 Å². The Hall–Kier alpha value is -1.75. The number of carboxylic acid groups (broad SMARTS) is 1. The van der Waals surface area contributed by atoms with Crippen molar-refractivity contribution in [3.63, 3.8) is 0 Å². The van der Waals surface area contributed by atoms with E-state index in [1.807, 2.05) is 38.1 Å². The molecule has 1 unspecified atom stereocenters. The first-order valence-electron chi connectivity index (χ1n) is 7.66. The minimum absolute atomic E-state index is 0.218. The lowest BCUT2D eigenvalue weighted by Crippen LogP contribution is -2.45. The second kappa shape index (κ2) is 6.40. The van der Waals surface area contributed by atoms with Crippen LogP contribution in [0.5, 0.6) is 0 Å². The normalized spacial score (nSPS) is 21.3. The Morgan fingerprint density at radius 3 is 2.70 bits per heavy atom. The van der Waals surface area contributed by atoms with Crippen LogP contribution in [0.25, 0.3) is 0 Å². The minimum Gasteiger partial charge on any atom is -0.481 e. The second-order valence-corrected chi connectivity index (χ2v) is 7.53. The van der Waals surface area contributed by atoms with Gasteiger partial charge in [0.1, 0.15) is 0 Å². The topological polar surface area (TPSA) is 69.6 Å². The SMILES string of the molecule is CC1(C(=O)O)CCN(C(=O)NCC(C)(C)c2cccc(Cl)c2)C1. The van der Waals surface area contributed by atoms with Crippen LogP contribution in [0.2, 0.25) is 5.02 Å².